The summed E-state index contributed by atoms with van der Waals surface area (Å²) in [4.78, 5) is 15.2. The van der Waals surface area contributed by atoms with Crippen LogP contribution in [-0.2, 0) is 0 Å². The Morgan fingerprint density at radius 2 is 2.15 bits per heavy atom. The third kappa shape index (κ3) is 2.14. The molecule has 1 rings (SSSR count). The highest BCUT2D eigenvalue weighted by molar-refractivity contribution is 5.74. The maximum atomic E-state index is 11.6. The van der Waals surface area contributed by atoms with Crippen molar-refractivity contribution >= 4 is 6.03 Å². The first-order valence-corrected chi connectivity index (χ1v) is 4.95. The Kier molecular flexibility index (Phi) is 2.84. The Hall–Kier alpha value is -0.730. The molecule has 0 bridgehead atoms. The van der Waals surface area contributed by atoms with Crippen molar-refractivity contribution in [1.82, 2.24) is 9.80 Å². The predicted molar refractivity (Wildman–Crippen MR) is 53.7 cm³/mol. The Balaban J connectivity index is 2.55. The van der Waals surface area contributed by atoms with Crippen LogP contribution in [0.15, 0.2) is 0 Å². The van der Waals surface area contributed by atoms with Crippen molar-refractivity contribution in [2.45, 2.75) is 26.7 Å². The first-order chi connectivity index (χ1) is 5.98. The Morgan fingerprint density at radius 1 is 1.54 bits per heavy atom. The summed E-state index contributed by atoms with van der Waals surface area (Å²) >= 11 is 0. The van der Waals surface area contributed by atoms with E-state index in [1.54, 1.807) is 4.90 Å². The molecule has 1 fully saturated rings. The number of nitrogens with zero attached hydrogens (tertiary/aromatic N) is 2. The van der Waals surface area contributed by atoms with Gasteiger partial charge in [-0.05, 0) is 18.3 Å². The van der Waals surface area contributed by atoms with Crippen LogP contribution in [0, 0.1) is 5.41 Å². The van der Waals surface area contributed by atoms with Gasteiger partial charge in [0.1, 0.15) is 0 Å². The number of amides is 2. The molecular formula is C10H20N2O. The van der Waals surface area contributed by atoms with E-state index in [4.69, 9.17) is 0 Å². The largest absolute Gasteiger partial charge is 0.331 e. The highest BCUT2D eigenvalue weighted by atomic mass is 16.2. The molecular weight excluding hydrogens is 164 g/mol. The van der Waals surface area contributed by atoms with E-state index in [1.807, 2.05) is 19.0 Å². The minimum Gasteiger partial charge on any atom is -0.331 e. The first-order valence-electron chi connectivity index (χ1n) is 4.95. The maximum absolute atomic E-state index is 11.6. The van der Waals surface area contributed by atoms with Gasteiger partial charge in [-0.2, -0.15) is 0 Å². The van der Waals surface area contributed by atoms with Crippen LogP contribution >= 0.6 is 0 Å². The van der Waals surface area contributed by atoms with E-state index in [9.17, 15) is 4.79 Å². The Labute approximate surface area is 80.7 Å². The van der Waals surface area contributed by atoms with Gasteiger partial charge in [-0.3, -0.25) is 0 Å². The summed E-state index contributed by atoms with van der Waals surface area (Å²) in [6, 6.07) is 0.150. The van der Waals surface area contributed by atoms with Gasteiger partial charge in [-0.1, -0.05) is 13.8 Å². The molecule has 0 aromatic heterocycles. The van der Waals surface area contributed by atoms with Crippen LogP contribution in [0.4, 0.5) is 4.79 Å². The quantitative estimate of drug-likeness (QED) is 0.609. The molecule has 2 amide bonds. The number of hydrogen-bond donors (Lipinski definition) is 0. The van der Waals surface area contributed by atoms with Crippen LogP contribution in [0.2, 0.25) is 0 Å². The maximum Gasteiger partial charge on any atom is 0.319 e. The molecule has 1 atom stereocenters. The summed E-state index contributed by atoms with van der Waals surface area (Å²) in [6.45, 7) is 6.29. The second-order valence-corrected chi connectivity index (χ2v) is 4.51. The van der Waals surface area contributed by atoms with Gasteiger partial charge in [0, 0.05) is 27.2 Å². The zero-order valence-corrected chi connectivity index (χ0v) is 9.13. The highest BCUT2D eigenvalue weighted by Gasteiger charge is 2.34. The second kappa shape index (κ2) is 3.56. The monoisotopic (exact) mass is 184 g/mol. The van der Waals surface area contributed by atoms with Gasteiger partial charge in [0.05, 0.1) is 0 Å². The molecule has 0 aromatic carbocycles. The van der Waals surface area contributed by atoms with E-state index in [1.165, 1.54) is 0 Å². The van der Waals surface area contributed by atoms with Crippen molar-refractivity contribution in [3.63, 3.8) is 0 Å². The first kappa shape index (κ1) is 10.4. The summed E-state index contributed by atoms with van der Waals surface area (Å²) in [5, 5.41) is 0. The SMILES string of the molecule is CCC1(C)CCN(C(=O)N(C)C)C1. The van der Waals surface area contributed by atoms with Gasteiger partial charge in [0.15, 0.2) is 0 Å². The van der Waals surface area contributed by atoms with E-state index in [2.05, 4.69) is 13.8 Å². The highest BCUT2D eigenvalue weighted by Crippen LogP contribution is 2.33. The zero-order valence-electron chi connectivity index (χ0n) is 9.13. The molecule has 76 valence electrons. The summed E-state index contributed by atoms with van der Waals surface area (Å²) in [5.41, 5.74) is 0.353. The van der Waals surface area contributed by atoms with Gasteiger partial charge in [0.25, 0.3) is 0 Å². The average Bonchev–Trinajstić information content (AvgIpc) is 2.47. The summed E-state index contributed by atoms with van der Waals surface area (Å²) in [6.07, 6.45) is 2.30. The fourth-order valence-electron chi connectivity index (χ4n) is 1.76. The smallest absolute Gasteiger partial charge is 0.319 e. The fourth-order valence-corrected chi connectivity index (χ4v) is 1.76. The molecule has 0 saturated carbocycles. The summed E-state index contributed by atoms with van der Waals surface area (Å²) < 4.78 is 0. The lowest BCUT2D eigenvalue weighted by Gasteiger charge is -2.24. The molecule has 0 radical (unpaired) electrons. The van der Waals surface area contributed by atoms with E-state index < -0.39 is 0 Å². The number of carbonyl (C=O) groups excluding carboxylic acids is 1. The lowest BCUT2D eigenvalue weighted by Crippen LogP contribution is -2.38. The normalized spacial score (nSPS) is 27.8. The Bertz CT molecular complexity index is 203. The van der Waals surface area contributed by atoms with Gasteiger partial charge in [0.2, 0.25) is 0 Å². The van der Waals surface area contributed by atoms with E-state index in [-0.39, 0.29) is 6.03 Å². The van der Waals surface area contributed by atoms with Crippen molar-refractivity contribution in [3.8, 4) is 0 Å². The molecule has 0 aliphatic carbocycles. The molecule has 1 unspecified atom stereocenters. The van der Waals surface area contributed by atoms with E-state index >= 15 is 0 Å². The molecule has 3 nitrogen and oxygen atoms in total. The van der Waals surface area contributed by atoms with Crippen molar-refractivity contribution in [2.75, 3.05) is 27.2 Å². The summed E-state index contributed by atoms with van der Waals surface area (Å²) in [5.74, 6) is 0. The van der Waals surface area contributed by atoms with E-state index in [0.29, 0.717) is 5.41 Å². The lowest BCUT2D eigenvalue weighted by molar-refractivity contribution is 0.175. The van der Waals surface area contributed by atoms with Gasteiger partial charge in [-0.25, -0.2) is 4.79 Å². The van der Waals surface area contributed by atoms with Gasteiger partial charge >= 0.3 is 6.03 Å². The number of likely N-dealkylation sites (tertiary alicyclic amines) is 1. The molecule has 0 N–H and O–H groups in total. The van der Waals surface area contributed by atoms with Crippen molar-refractivity contribution < 1.29 is 4.79 Å². The zero-order chi connectivity index (χ0) is 10.1. The molecule has 13 heavy (non-hydrogen) atoms. The van der Waals surface area contributed by atoms with Crippen LogP contribution < -0.4 is 0 Å². The van der Waals surface area contributed by atoms with E-state index in [0.717, 1.165) is 25.9 Å². The number of rotatable bonds is 1. The van der Waals surface area contributed by atoms with Crippen LogP contribution in [0.25, 0.3) is 0 Å². The molecule has 1 heterocycles. The number of urea groups is 1. The van der Waals surface area contributed by atoms with Crippen molar-refractivity contribution in [2.24, 2.45) is 5.41 Å². The molecule has 1 saturated heterocycles. The van der Waals surface area contributed by atoms with Crippen LogP contribution in [0.3, 0.4) is 0 Å². The van der Waals surface area contributed by atoms with Crippen LogP contribution in [0.5, 0.6) is 0 Å². The van der Waals surface area contributed by atoms with Crippen LogP contribution in [0.1, 0.15) is 26.7 Å². The summed E-state index contributed by atoms with van der Waals surface area (Å²) in [7, 11) is 3.62. The number of hydrogen-bond acceptors (Lipinski definition) is 1. The molecule has 1 aliphatic heterocycles. The molecule has 3 heteroatoms. The molecule has 0 aromatic rings. The third-order valence-electron chi connectivity index (χ3n) is 3.06. The average molecular weight is 184 g/mol. The fraction of sp³-hybridized carbons (Fsp3) is 0.900. The predicted octanol–water partition coefficient (Wildman–Crippen LogP) is 1.79. The molecule has 1 aliphatic rings. The van der Waals surface area contributed by atoms with Crippen molar-refractivity contribution in [3.05, 3.63) is 0 Å². The minimum atomic E-state index is 0.150. The lowest BCUT2D eigenvalue weighted by atomic mass is 9.87. The molecule has 0 spiro atoms. The topological polar surface area (TPSA) is 23.6 Å². The standard InChI is InChI=1S/C10H20N2O/c1-5-10(2)6-7-12(8-10)9(13)11(3)4/h5-8H2,1-4H3. The second-order valence-electron chi connectivity index (χ2n) is 4.51. The van der Waals surface area contributed by atoms with Crippen molar-refractivity contribution in [1.29, 1.82) is 0 Å². The Morgan fingerprint density at radius 3 is 2.54 bits per heavy atom. The van der Waals surface area contributed by atoms with Crippen LogP contribution in [-0.4, -0.2) is 43.0 Å². The van der Waals surface area contributed by atoms with Gasteiger partial charge in [-0.15, -0.1) is 0 Å². The number of carbonyl (C=O) groups is 1. The minimum absolute atomic E-state index is 0.150. The van der Waals surface area contributed by atoms with Gasteiger partial charge < -0.3 is 9.80 Å². The third-order valence-corrected chi connectivity index (χ3v) is 3.06.